The van der Waals surface area contributed by atoms with Gasteiger partial charge < -0.3 is 32.2 Å². The number of aromatic amines is 1. The molecule has 11 heteroatoms. The SMILES string of the molecule is CCC(=O)Nc1nc(CC)c(-c2nc3ccccc3[nH]2)s1.Cl.O.O.O.O. The van der Waals surface area contributed by atoms with Crippen LogP contribution in [0.2, 0.25) is 0 Å². The summed E-state index contributed by atoms with van der Waals surface area (Å²) < 4.78 is 0. The number of para-hydroxylation sites is 2. The molecule has 9 nitrogen and oxygen atoms in total. The lowest BCUT2D eigenvalue weighted by atomic mass is 10.3. The monoisotopic (exact) mass is 408 g/mol. The third-order valence-electron chi connectivity index (χ3n) is 3.20. The van der Waals surface area contributed by atoms with Crippen molar-refractivity contribution in [3.8, 4) is 10.7 Å². The van der Waals surface area contributed by atoms with E-state index in [2.05, 4.69) is 20.3 Å². The minimum absolute atomic E-state index is 0. The number of rotatable bonds is 4. The normalized spacial score (nSPS) is 8.85. The predicted octanol–water partition coefficient (Wildman–Crippen LogP) is 0.720. The fourth-order valence-corrected chi connectivity index (χ4v) is 3.11. The number of carbonyl (C=O) groups excluding carboxylic acids is 1. The number of thiazole rings is 1. The number of H-pyrrole nitrogens is 1. The van der Waals surface area contributed by atoms with Crippen molar-refractivity contribution in [2.24, 2.45) is 0 Å². The van der Waals surface area contributed by atoms with Crippen LogP contribution in [-0.4, -0.2) is 42.8 Å². The maximum atomic E-state index is 11.5. The van der Waals surface area contributed by atoms with E-state index in [-0.39, 0.29) is 40.2 Å². The first-order chi connectivity index (χ1) is 10.2. The van der Waals surface area contributed by atoms with Crippen molar-refractivity contribution in [2.75, 3.05) is 5.32 Å². The van der Waals surface area contributed by atoms with Gasteiger partial charge in [-0.25, -0.2) is 9.97 Å². The number of anilines is 1. The molecular weight excluding hydrogens is 384 g/mol. The molecule has 3 aromatic rings. The predicted molar refractivity (Wildman–Crippen MR) is 107 cm³/mol. The molecule has 0 unspecified atom stereocenters. The summed E-state index contributed by atoms with van der Waals surface area (Å²) in [6.45, 7) is 3.87. The van der Waals surface area contributed by atoms with Gasteiger partial charge >= 0.3 is 0 Å². The highest BCUT2D eigenvalue weighted by atomic mass is 35.5. The van der Waals surface area contributed by atoms with Crippen LogP contribution in [0.15, 0.2) is 24.3 Å². The van der Waals surface area contributed by atoms with Gasteiger partial charge in [-0.1, -0.05) is 37.3 Å². The molecule has 1 aromatic carbocycles. The van der Waals surface area contributed by atoms with Gasteiger partial charge in [-0.15, -0.1) is 12.4 Å². The molecule has 148 valence electrons. The Hall–Kier alpha value is -2.08. The molecule has 0 saturated heterocycles. The Labute approximate surface area is 160 Å². The largest absolute Gasteiger partial charge is 0.412 e. The molecule has 0 atom stereocenters. The summed E-state index contributed by atoms with van der Waals surface area (Å²) in [7, 11) is 0. The maximum absolute atomic E-state index is 11.5. The van der Waals surface area contributed by atoms with Gasteiger partial charge in [0.1, 0.15) is 0 Å². The van der Waals surface area contributed by atoms with Crippen molar-refractivity contribution >= 4 is 45.8 Å². The number of hydrogen-bond donors (Lipinski definition) is 2. The van der Waals surface area contributed by atoms with Gasteiger partial charge in [-0.3, -0.25) is 4.79 Å². The summed E-state index contributed by atoms with van der Waals surface area (Å²) in [6.07, 6.45) is 1.24. The number of amides is 1. The molecule has 0 fully saturated rings. The van der Waals surface area contributed by atoms with Gasteiger partial charge in [0.15, 0.2) is 11.0 Å². The van der Waals surface area contributed by atoms with Gasteiger partial charge in [-0.2, -0.15) is 0 Å². The Morgan fingerprint density at radius 1 is 1.12 bits per heavy atom. The molecule has 10 N–H and O–H groups in total. The van der Waals surface area contributed by atoms with Crippen molar-refractivity contribution in [3.05, 3.63) is 30.0 Å². The number of halogens is 1. The Kier molecular flexibility index (Phi) is 13.6. The third-order valence-corrected chi connectivity index (χ3v) is 4.22. The second-order valence-corrected chi connectivity index (χ2v) is 5.65. The van der Waals surface area contributed by atoms with E-state index >= 15 is 0 Å². The fourth-order valence-electron chi connectivity index (χ4n) is 2.10. The first-order valence-electron chi connectivity index (χ1n) is 6.96. The molecule has 0 radical (unpaired) electrons. The number of carbonyl (C=O) groups is 1. The van der Waals surface area contributed by atoms with Crippen molar-refractivity contribution < 1.29 is 26.7 Å². The van der Waals surface area contributed by atoms with Gasteiger partial charge in [-0.05, 0) is 18.6 Å². The Bertz CT molecular complexity index is 775. The molecule has 1 amide bonds. The van der Waals surface area contributed by atoms with Crippen molar-refractivity contribution in [3.63, 3.8) is 0 Å². The number of aromatic nitrogens is 3. The Morgan fingerprint density at radius 3 is 2.35 bits per heavy atom. The molecule has 0 aliphatic rings. The lowest BCUT2D eigenvalue weighted by Gasteiger charge is -1.95. The molecule has 0 bridgehead atoms. The molecule has 2 aromatic heterocycles. The zero-order chi connectivity index (χ0) is 14.8. The summed E-state index contributed by atoms with van der Waals surface area (Å²) in [5.74, 6) is 0.783. The van der Waals surface area contributed by atoms with Crippen LogP contribution in [0.1, 0.15) is 26.0 Å². The highest BCUT2D eigenvalue weighted by Crippen LogP contribution is 2.32. The van der Waals surface area contributed by atoms with Gasteiger partial charge in [0.25, 0.3) is 0 Å². The summed E-state index contributed by atoms with van der Waals surface area (Å²) in [5, 5.41) is 3.45. The van der Waals surface area contributed by atoms with Crippen LogP contribution in [0.4, 0.5) is 5.13 Å². The minimum atomic E-state index is -0.0254. The van der Waals surface area contributed by atoms with E-state index in [0.717, 1.165) is 33.8 Å². The summed E-state index contributed by atoms with van der Waals surface area (Å²) in [4.78, 5) is 24.9. The number of fused-ring (bicyclic) bond motifs is 1. The molecule has 0 spiro atoms. The second-order valence-electron chi connectivity index (χ2n) is 4.65. The van der Waals surface area contributed by atoms with Crippen LogP contribution in [-0.2, 0) is 11.2 Å². The van der Waals surface area contributed by atoms with E-state index in [1.165, 1.54) is 11.3 Å². The lowest BCUT2D eigenvalue weighted by Crippen LogP contribution is -2.08. The first-order valence-corrected chi connectivity index (χ1v) is 7.77. The minimum Gasteiger partial charge on any atom is -0.412 e. The highest BCUT2D eigenvalue weighted by Gasteiger charge is 2.16. The van der Waals surface area contributed by atoms with Crippen LogP contribution in [0.5, 0.6) is 0 Å². The van der Waals surface area contributed by atoms with Crippen LogP contribution in [0.25, 0.3) is 21.7 Å². The molecular formula is C15H25ClN4O5S. The highest BCUT2D eigenvalue weighted by molar-refractivity contribution is 7.19. The van der Waals surface area contributed by atoms with Gasteiger partial charge in [0.2, 0.25) is 5.91 Å². The van der Waals surface area contributed by atoms with Crippen LogP contribution in [0, 0.1) is 0 Å². The number of imidazole rings is 1. The van der Waals surface area contributed by atoms with E-state index in [0.29, 0.717) is 11.6 Å². The maximum Gasteiger partial charge on any atom is 0.225 e. The van der Waals surface area contributed by atoms with Crippen LogP contribution in [0.3, 0.4) is 0 Å². The first kappa shape index (κ1) is 28.7. The number of nitrogens with zero attached hydrogens (tertiary/aromatic N) is 2. The fraction of sp³-hybridized carbons (Fsp3) is 0.267. The molecule has 0 aliphatic heterocycles. The topological polar surface area (TPSA) is 197 Å². The number of hydrogen-bond acceptors (Lipinski definition) is 4. The number of aryl methyl sites for hydroxylation is 1. The van der Waals surface area contributed by atoms with Crippen LogP contribution < -0.4 is 5.32 Å². The Morgan fingerprint density at radius 2 is 1.77 bits per heavy atom. The molecule has 0 saturated carbocycles. The van der Waals surface area contributed by atoms with E-state index in [1.807, 2.05) is 38.1 Å². The van der Waals surface area contributed by atoms with Crippen molar-refractivity contribution in [2.45, 2.75) is 26.7 Å². The lowest BCUT2D eigenvalue weighted by molar-refractivity contribution is -0.115. The molecule has 2 heterocycles. The summed E-state index contributed by atoms with van der Waals surface area (Å²) in [6, 6.07) is 7.91. The molecule has 3 rings (SSSR count). The Balaban J connectivity index is -0.00000106. The van der Waals surface area contributed by atoms with Crippen molar-refractivity contribution in [1.29, 1.82) is 0 Å². The zero-order valence-corrected chi connectivity index (χ0v) is 16.0. The second kappa shape index (κ2) is 12.3. The average molecular weight is 409 g/mol. The van der Waals surface area contributed by atoms with E-state index in [9.17, 15) is 4.79 Å². The van der Waals surface area contributed by atoms with E-state index < -0.39 is 0 Å². The molecule has 0 aliphatic carbocycles. The summed E-state index contributed by atoms with van der Waals surface area (Å²) >= 11 is 1.46. The quantitative estimate of drug-likeness (QED) is 0.642. The molecule has 26 heavy (non-hydrogen) atoms. The van der Waals surface area contributed by atoms with E-state index in [4.69, 9.17) is 0 Å². The standard InChI is InChI=1S/C15H16N4OS.ClH.4H2O/c1-3-9-13(21-15(18-9)19-12(20)4-2)14-16-10-7-5-6-8-11(10)17-14;;;;;/h5-8H,3-4H2,1-2H3,(H,16,17)(H,18,19,20);1H;4*1H2. The zero-order valence-electron chi connectivity index (χ0n) is 14.3. The summed E-state index contributed by atoms with van der Waals surface area (Å²) in [5.41, 5.74) is 2.88. The van der Waals surface area contributed by atoms with Gasteiger partial charge in [0, 0.05) is 6.42 Å². The van der Waals surface area contributed by atoms with Gasteiger partial charge in [0.05, 0.1) is 21.6 Å². The third kappa shape index (κ3) is 5.73. The van der Waals surface area contributed by atoms with E-state index in [1.54, 1.807) is 0 Å². The number of nitrogens with one attached hydrogen (secondary N) is 2. The average Bonchev–Trinajstić information content (AvgIpc) is 3.09. The van der Waals surface area contributed by atoms with Crippen LogP contribution >= 0.6 is 23.7 Å². The van der Waals surface area contributed by atoms with Crippen molar-refractivity contribution in [1.82, 2.24) is 15.0 Å². The smallest absolute Gasteiger partial charge is 0.225 e. The number of benzene rings is 1.